The number of ether oxygens (including phenoxy) is 1. The summed E-state index contributed by atoms with van der Waals surface area (Å²) in [7, 11) is 1.55. The highest BCUT2D eigenvalue weighted by Crippen LogP contribution is 2.00. The minimum Gasteiger partial charge on any atom is -0.383 e. The van der Waals surface area contributed by atoms with E-state index in [1.54, 1.807) is 25.4 Å². The molecule has 0 aliphatic rings. The number of hydrogen-bond donors (Lipinski definition) is 1. The molecule has 7 nitrogen and oxygen atoms in total. The Hall–Kier alpha value is -2.28. The Morgan fingerprint density at radius 3 is 3.11 bits per heavy atom. The van der Waals surface area contributed by atoms with Crippen LogP contribution in [0.3, 0.4) is 0 Å². The Morgan fingerprint density at radius 2 is 2.32 bits per heavy atom. The topological polar surface area (TPSA) is 86.1 Å². The van der Waals surface area contributed by atoms with Crippen LogP contribution >= 0.6 is 0 Å². The minimum absolute atomic E-state index is 0.0691. The molecule has 0 fully saturated rings. The third kappa shape index (κ3) is 3.14. The Bertz CT molecular complexity index is 638. The van der Waals surface area contributed by atoms with E-state index in [-0.39, 0.29) is 18.0 Å². The maximum absolute atomic E-state index is 12.1. The normalized spacial score (nSPS) is 10.6. The van der Waals surface area contributed by atoms with Crippen molar-refractivity contribution in [1.82, 2.24) is 19.9 Å². The number of hydrogen-bond acceptors (Lipinski definition) is 5. The molecule has 0 atom stereocenters. The quantitative estimate of drug-likeness (QED) is 0.738. The highest BCUT2D eigenvalue weighted by atomic mass is 16.5. The molecule has 7 heteroatoms. The van der Waals surface area contributed by atoms with Gasteiger partial charge in [-0.1, -0.05) is 0 Å². The lowest BCUT2D eigenvalue weighted by Gasteiger charge is -2.07. The standard InChI is InChI=1S/C12H14N4O3/c1-19-6-5-13-10(17)7-16-8-15-11-9(12(16)18)3-2-4-14-11/h2-4,8H,5-7H2,1H3,(H,13,17). The van der Waals surface area contributed by atoms with E-state index in [1.807, 2.05) is 0 Å². The van der Waals surface area contributed by atoms with Gasteiger partial charge in [0.1, 0.15) is 12.9 Å². The molecule has 0 aromatic carbocycles. The first kappa shape index (κ1) is 13.2. The molecular weight excluding hydrogens is 248 g/mol. The number of methoxy groups -OCH3 is 1. The van der Waals surface area contributed by atoms with Crippen molar-refractivity contribution in [1.29, 1.82) is 0 Å². The lowest BCUT2D eigenvalue weighted by Crippen LogP contribution is -2.34. The fourth-order valence-electron chi connectivity index (χ4n) is 1.61. The second-order valence-corrected chi connectivity index (χ2v) is 3.89. The fraction of sp³-hybridized carbons (Fsp3) is 0.333. The zero-order chi connectivity index (χ0) is 13.7. The lowest BCUT2D eigenvalue weighted by atomic mass is 10.3. The minimum atomic E-state index is -0.278. The van der Waals surface area contributed by atoms with Crippen LogP contribution in [0, 0.1) is 0 Å². The Labute approximate surface area is 109 Å². The molecule has 0 bridgehead atoms. The molecule has 2 heterocycles. The number of nitrogens with one attached hydrogen (secondary N) is 1. The summed E-state index contributed by atoms with van der Waals surface area (Å²) in [6.07, 6.45) is 2.89. The van der Waals surface area contributed by atoms with Gasteiger partial charge in [-0.15, -0.1) is 0 Å². The van der Waals surface area contributed by atoms with Crippen LogP contribution in [-0.2, 0) is 16.1 Å². The first-order chi connectivity index (χ1) is 9.22. The van der Waals surface area contributed by atoms with Gasteiger partial charge in [0.2, 0.25) is 5.91 Å². The van der Waals surface area contributed by atoms with Gasteiger partial charge in [0.15, 0.2) is 5.65 Å². The van der Waals surface area contributed by atoms with E-state index in [9.17, 15) is 9.59 Å². The Kier molecular flexibility index (Phi) is 4.19. The van der Waals surface area contributed by atoms with Gasteiger partial charge in [-0.2, -0.15) is 0 Å². The highest BCUT2D eigenvalue weighted by molar-refractivity contribution is 5.77. The van der Waals surface area contributed by atoms with Crippen LogP contribution in [0.5, 0.6) is 0 Å². The van der Waals surface area contributed by atoms with Gasteiger partial charge in [-0.25, -0.2) is 9.97 Å². The van der Waals surface area contributed by atoms with Crippen LogP contribution in [-0.4, -0.2) is 40.7 Å². The monoisotopic (exact) mass is 262 g/mol. The van der Waals surface area contributed by atoms with Crippen molar-refractivity contribution in [2.75, 3.05) is 20.3 Å². The van der Waals surface area contributed by atoms with Gasteiger partial charge in [0, 0.05) is 19.9 Å². The van der Waals surface area contributed by atoms with Crippen molar-refractivity contribution >= 4 is 16.9 Å². The lowest BCUT2D eigenvalue weighted by molar-refractivity contribution is -0.121. The molecule has 2 aromatic rings. The first-order valence-corrected chi connectivity index (χ1v) is 5.78. The van der Waals surface area contributed by atoms with Gasteiger partial charge in [0.05, 0.1) is 12.0 Å². The molecule has 0 saturated carbocycles. The zero-order valence-electron chi connectivity index (χ0n) is 10.5. The molecule has 2 rings (SSSR count). The maximum Gasteiger partial charge on any atom is 0.263 e. The van der Waals surface area contributed by atoms with E-state index >= 15 is 0 Å². The Morgan fingerprint density at radius 1 is 1.47 bits per heavy atom. The van der Waals surface area contributed by atoms with Gasteiger partial charge < -0.3 is 10.1 Å². The largest absolute Gasteiger partial charge is 0.383 e. The molecule has 100 valence electrons. The number of fused-ring (bicyclic) bond motifs is 1. The number of rotatable bonds is 5. The summed E-state index contributed by atoms with van der Waals surface area (Å²) in [5.41, 5.74) is 0.100. The predicted octanol–water partition coefficient (Wildman–Crippen LogP) is -0.446. The molecule has 0 radical (unpaired) electrons. The SMILES string of the molecule is COCCNC(=O)Cn1cnc2ncccc2c1=O. The van der Waals surface area contributed by atoms with Gasteiger partial charge in [0.25, 0.3) is 5.56 Å². The zero-order valence-corrected chi connectivity index (χ0v) is 10.5. The molecule has 0 aliphatic heterocycles. The van der Waals surface area contributed by atoms with E-state index in [4.69, 9.17) is 4.74 Å². The van der Waals surface area contributed by atoms with Gasteiger partial charge in [-0.05, 0) is 12.1 Å². The van der Waals surface area contributed by atoms with Crippen molar-refractivity contribution in [3.05, 3.63) is 35.0 Å². The number of nitrogens with zero attached hydrogens (tertiary/aromatic N) is 3. The number of aromatic nitrogens is 3. The van der Waals surface area contributed by atoms with E-state index in [0.717, 1.165) is 0 Å². The summed E-state index contributed by atoms with van der Waals surface area (Å²) in [5.74, 6) is -0.260. The molecule has 0 spiro atoms. The average molecular weight is 262 g/mol. The molecule has 19 heavy (non-hydrogen) atoms. The summed E-state index contributed by atoms with van der Waals surface area (Å²) in [6.45, 7) is 0.771. The predicted molar refractivity (Wildman–Crippen MR) is 68.7 cm³/mol. The van der Waals surface area contributed by atoms with E-state index in [2.05, 4.69) is 15.3 Å². The molecule has 0 saturated heterocycles. The van der Waals surface area contributed by atoms with Crippen molar-refractivity contribution in [2.24, 2.45) is 0 Å². The maximum atomic E-state index is 12.1. The number of pyridine rings is 1. The second-order valence-electron chi connectivity index (χ2n) is 3.89. The summed E-state index contributed by atoms with van der Waals surface area (Å²) < 4.78 is 6.08. The third-order valence-electron chi connectivity index (χ3n) is 2.54. The van der Waals surface area contributed by atoms with Gasteiger partial charge in [-0.3, -0.25) is 14.2 Å². The molecule has 2 aromatic heterocycles. The summed E-state index contributed by atoms with van der Waals surface area (Å²) in [5, 5.41) is 3.04. The third-order valence-corrected chi connectivity index (χ3v) is 2.54. The Balaban J connectivity index is 2.15. The first-order valence-electron chi connectivity index (χ1n) is 5.78. The molecular formula is C12H14N4O3. The fourth-order valence-corrected chi connectivity index (χ4v) is 1.61. The van der Waals surface area contributed by atoms with Crippen LogP contribution in [0.2, 0.25) is 0 Å². The van der Waals surface area contributed by atoms with Crippen LogP contribution in [0.15, 0.2) is 29.5 Å². The van der Waals surface area contributed by atoms with Crippen LogP contribution in [0.25, 0.3) is 11.0 Å². The van der Waals surface area contributed by atoms with Crippen molar-refractivity contribution in [3.63, 3.8) is 0 Å². The smallest absolute Gasteiger partial charge is 0.263 e. The van der Waals surface area contributed by atoms with Crippen molar-refractivity contribution < 1.29 is 9.53 Å². The number of carbonyl (C=O) groups excluding carboxylic acids is 1. The number of amides is 1. The van der Waals surface area contributed by atoms with Crippen LogP contribution < -0.4 is 10.9 Å². The van der Waals surface area contributed by atoms with Crippen molar-refractivity contribution in [2.45, 2.75) is 6.54 Å². The summed E-state index contributed by atoms with van der Waals surface area (Å²) in [4.78, 5) is 31.7. The summed E-state index contributed by atoms with van der Waals surface area (Å²) in [6, 6.07) is 3.30. The van der Waals surface area contributed by atoms with E-state index < -0.39 is 0 Å². The second kappa shape index (κ2) is 6.05. The van der Waals surface area contributed by atoms with Crippen molar-refractivity contribution in [3.8, 4) is 0 Å². The van der Waals surface area contributed by atoms with E-state index in [0.29, 0.717) is 24.2 Å². The average Bonchev–Trinajstić information content (AvgIpc) is 2.43. The summed E-state index contributed by atoms with van der Waals surface area (Å²) >= 11 is 0. The van der Waals surface area contributed by atoms with Crippen LogP contribution in [0.1, 0.15) is 0 Å². The van der Waals surface area contributed by atoms with E-state index in [1.165, 1.54) is 10.9 Å². The molecule has 0 aliphatic carbocycles. The molecule has 1 amide bonds. The molecule has 0 unspecified atom stereocenters. The van der Waals surface area contributed by atoms with Crippen LogP contribution in [0.4, 0.5) is 0 Å². The highest BCUT2D eigenvalue weighted by Gasteiger charge is 2.07. The molecule has 1 N–H and O–H groups in total. The van der Waals surface area contributed by atoms with Gasteiger partial charge >= 0.3 is 0 Å². The number of carbonyl (C=O) groups is 1.